The maximum Gasteiger partial charge on any atom is 0.169 e. The summed E-state index contributed by atoms with van der Waals surface area (Å²) in [5.41, 5.74) is 6.93. The third-order valence-electron chi connectivity index (χ3n) is 4.07. The summed E-state index contributed by atoms with van der Waals surface area (Å²) in [5.74, 6) is 2.21. The monoisotopic (exact) mass is 222 g/mol. The first-order valence-corrected chi connectivity index (χ1v) is 6.33. The SMILES string of the molecule is CCc1c(N)nnn1C1CCC(C)C(C)C1. The highest BCUT2D eigenvalue weighted by Gasteiger charge is 2.27. The van der Waals surface area contributed by atoms with Crippen LogP contribution < -0.4 is 5.73 Å². The molecule has 2 N–H and O–H groups in total. The quantitative estimate of drug-likeness (QED) is 0.836. The van der Waals surface area contributed by atoms with Crippen LogP contribution in [0.5, 0.6) is 0 Å². The second-order valence-electron chi connectivity index (χ2n) is 5.14. The van der Waals surface area contributed by atoms with E-state index in [-0.39, 0.29) is 0 Å². The zero-order valence-electron chi connectivity index (χ0n) is 10.5. The summed E-state index contributed by atoms with van der Waals surface area (Å²) in [6.45, 7) is 6.79. The minimum atomic E-state index is 0.506. The van der Waals surface area contributed by atoms with Gasteiger partial charge in [0, 0.05) is 0 Å². The summed E-state index contributed by atoms with van der Waals surface area (Å²) >= 11 is 0. The van der Waals surface area contributed by atoms with Gasteiger partial charge in [-0.15, -0.1) is 5.10 Å². The smallest absolute Gasteiger partial charge is 0.169 e. The number of aromatic nitrogens is 3. The van der Waals surface area contributed by atoms with Gasteiger partial charge in [-0.2, -0.15) is 0 Å². The molecular formula is C12H22N4. The Morgan fingerprint density at radius 2 is 2.06 bits per heavy atom. The van der Waals surface area contributed by atoms with Gasteiger partial charge in [0.25, 0.3) is 0 Å². The summed E-state index contributed by atoms with van der Waals surface area (Å²) in [6.07, 6.45) is 4.62. The van der Waals surface area contributed by atoms with Crippen molar-refractivity contribution in [2.75, 3.05) is 5.73 Å². The highest BCUT2D eigenvalue weighted by molar-refractivity contribution is 5.33. The number of nitrogens with two attached hydrogens (primary N) is 1. The van der Waals surface area contributed by atoms with E-state index in [1.54, 1.807) is 0 Å². The van der Waals surface area contributed by atoms with E-state index in [1.807, 2.05) is 0 Å². The molecule has 3 unspecified atom stereocenters. The molecule has 0 amide bonds. The van der Waals surface area contributed by atoms with E-state index < -0.39 is 0 Å². The molecule has 1 aliphatic carbocycles. The molecule has 0 aromatic carbocycles. The Morgan fingerprint density at radius 1 is 1.31 bits per heavy atom. The Morgan fingerprint density at radius 3 is 2.69 bits per heavy atom. The van der Waals surface area contributed by atoms with Crippen molar-refractivity contribution < 1.29 is 0 Å². The topological polar surface area (TPSA) is 56.7 Å². The molecule has 0 bridgehead atoms. The maximum atomic E-state index is 5.83. The number of nitrogens with zero attached hydrogens (tertiary/aromatic N) is 3. The molecular weight excluding hydrogens is 200 g/mol. The standard InChI is InChI=1S/C12H22N4/c1-4-11-12(13)14-15-16(11)10-6-5-8(2)9(3)7-10/h8-10H,4-7,13H2,1-3H3. The van der Waals surface area contributed by atoms with Crippen LogP contribution in [0, 0.1) is 11.8 Å². The summed E-state index contributed by atoms with van der Waals surface area (Å²) < 4.78 is 2.07. The summed E-state index contributed by atoms with van der Waals surface area (Å²) in [7, 11) is 0. The van der Waals surface area contributed by atoms with Crippen molar-refractivity contribution >= 4 is 5.82 Å². The number of nitrogen functional groups attached to an aromatic ring is 1. The van der Waals surface area contributed by atoms with Crippen molar-refractivity contribution in [2.24, 2.45) is 11.8 Å². The average molecular weight is 222 g/mol. The van der Waals surface area contributed by atoms with Crippen molar-refractivity contribution in [3.63, 3.8) is 0 Å². The Labute approximate surface area is 97.2 Å². The lowest BCUT2D eigenvalue weighted by Crippen LogP contribution is -2.25. The molecule has 4 nitrogen and oxygen atoms in total. The van der Waals surface area contributed by atoms with Gasteiger partial charge in [0.1, 0.15) is 0 Å². The fraction of sp³-hybridized carbons (Fsp3) is 0.833. The highest BCUT2D eigenvalue weighted by atomic mass is 15.5. The molecule has 4 heteroatoms. The van der Waals surface area contributed by atoms with E-state index in [9.17, 15) is 0 Å². The van der Waals surface area contributed by atoms with Crippen LogP contribution in [0.15, 0.2) is 0 Å². The molecule has 1 aromatic heterocycles. The number of hydrogen-bond acceptors (Lipinski definition) is 3. The third kappa shape index (κ3) is 1.93. The lowest BCUT2D eigenvalue weighted by Gasteiger charge is -2.32. The van der Waals surface area contributed by atoms with Crippen molar-refractivity contribution in [2.45, 2.75) is 52.5 Å². The molecule has 90 valence electrons. The molecule has 0 radical (unpaired) electrons. The van der Waals surface area contributed by atoms with Gasteiger partial charge in [0.2, 0.25) is 0 Å². The van der Waals surface area contributed by atoms with Crippen LogP contribution in [0.25, 0.3) is 0 Å². The van der Waals surface area contributed by atoms with Crippen molar-refractivity contribution in [3.8, 4) is 0 Å². The van der Waals surface area contributed by atoms with Crippen LogP contribution in [-0.4, -0.2) is 15.0 Å². The van der Waals surface area contributed by atoms with E-state index in [2.05, 4.69) is 35.8 Å². The minimum absolute atomic E-state index is 0.506. The second kappa shape index (κ2) is 4.44. The Bertz CT molecular complexity index is 358. The van der Waals surface area contributed by atoms with Crippen LogP contribution in [0.1, 0.15) is 51.8 Å². The zero-order chi connectivity index (χ0) is 11.7. The molecule has 0 saturated heterocycles. The minimum Gasteiger partial charge on any atom is -0.381 e. The van der Waals surface area contributed by atoms with Gasteiger partial charge in [-0.05, 0) is 37.5 Å². The van der Waals surface area contributed by atoms with Gasteiger partial charge >= 0.3 is 0 Å². The van der Waals surface area contributed by atoms with E-state index in [4.69, 9.17) is 5.73 Å². The van der Waals surface area contributed by atoms with Gasteiger partial charge in [0.15, 0.2) is 5.82 Å². The van der Waals surface area contributed by atoms with Crippen LogP contribution in [-0.2, 0) is 6.42 Å². The van der Waals surface area contributed by atoms with Crippen LogP contribution in [0.4, 0.5) is 5.82 Å². The molecule has 1 fully saturated rings. The molecule has 1 saturated carbocycles. The van der Waals surface area contributed by atoms with Crippen molar-refractivity contribution in [1.82, 2.24) is 15.0 Å². The van der Waals surface area contributed by atoms with Crippen LogP contribution >= 0.6 is 0 Å². The van der Waals surface area contributed by atoms with Gasteiger partial charge in [-0.1, -0.05) is 26.0 Å². The molecule has 1 heterocycles. The van der Waals surface area contributed by atoms with E-state index >= 15 is 0 Å². The Hall–Kier alpha value is -1.06. The predicted molar refractivity (Wildman–Crippen MR) is 65.0 cm³/mol. The lowest BCUT2D eigenvalue weighted by molar-refractivity contribution is 0.196. The number of rotatable bonds is 2. The summed E-state index contributed by atoms with van der Waals surface area (Å²) in [5, 5.41) is 8.21. The first kappa shape index (κ1) is 11.4. The van der Waals surface area contributed by atoms with E-state index in [0.29, 0.717) is 11.9 Å². The summed E-state index contributed by atoms with van der Waals surface area (Å²) in [6, 6.07) is 0.506. The van der Waals surface area contributed by atoms with Crippen molar-refractivity contribution in [1.29, 1.82) is 0 Å². The van der Waals surface area contributed by atoms with Gasteiger partial charge in [-0.3, -0.25) is 0 Å². The first-order valence-electron chi connectivity index (χ1n) is 6.33. The second-order valence-corrected chi connectivity index (χ2v) is 5.14. The zero-order valence-corrected chi connectivity index (χ0v) is 10.5. The van der Waals surface area contributed by atoms with Gasteiger partial charge < -0.3 is 5.73 Å². The van der Waals surface area contributed by atoms with Crippen LogP contribution in [0.3, 0.4) is 0 Å². The summed E-state index contributed by atoms with van der Waals surface area (Å²) in [4.78, 5) is 0. The maximum absolute atomic E-state index is 5.83. The Balaban J connectivity index is 2.18. The number of anilines is 1. The third-order valence-corrected chi connectivity index (χ3v) is 4.07. The molecule has 1 aromatic rings. The van der Waals surface area contributed by atoms with Gasteiger partial charge in [-0.25, -0.2) is 4.68 Å². The number of hydrogen-bond donors (Lipinski definition) is 1. The fourth-order valence-corrected chi connectivity index (χ4v) is 2.70. The molecule has 1 aliphatic rings. The fourth-order valence-electron chi connectivity index (χ4n) is 2.70. The van der Waals surface area contributed by atoms with Gasteiger partial charge in [0.05, 0.1) is 11.7 Å². The largest absolute Gasteiger partial charge is 0.381 e. The Kier molecular flexibility index (Phi) is 3.17. The first-order chi connectivity index (χ1) is 7.63. The lowest BCUT2D eigenvalue weighted by atomic mass is 9.79. The van der Waals surface area contributed by atoms with Crippen molar-refractivity contribution in [3.05, 3.63) is 5.69 Å². The normalized spacial score (nSPS) is 30.6. The molecule has 2 rings (SSSR count). The molecule has 3 atom stereocenters. The molecule has 16 heavy (non-hydrogen) atoms. The predicted octanol–water partition coefficient (Wildman–Crippen LogP) is 2.42. The molecule has 0 aliphatic heterocycles. The highest BCUT2D eigenvalue weighted by Crippen LogP contribution is 2.36. The van der Waals surface area contributed by atoms with E-state index in [1.165, 1.54) is 19.3 Å². The van der Waals surface area contributed by atoms with Crippen LogP contribution in [0.2, 0.25) is 0 Å². The average Bonchev–Trinajstić information content (AvgIpc) is 2.63. The molecule has 0 spiro atoms. The van der Waals surface area contributed by atoms with E-state index in [0.717, 1.165) is 24.0 Å².